The predicted octanol–water partition coefficient (Wildman–Crippen LogP) is 2.52. The van der Waals surface area contributed by atoms with Crippen molar-refractivity contribution in [3.8, 4) is 0 Å². The van der Waals surface area contributed by atoms with E-state index in [9.17, 15) is 4.79 Å². The van der Waals surface area contributed by atoms with Crippen LogP contribution in [0.5, 0.6) is 0 Å². The fourth-order valence-electron chi connectivity index (χ4n) is 2.90. The first-order valence-corrected chi connectivity index (χ1v) is 7.94. The van der Waals surface area contributed by atoms with Crippen LogP contribution in [0, 0.1) is 5.41 Å². The van der Waals surface area contributed by atoms with E-state index in [1.165, 1.54) is 4.90 Å². The van der Waals surface area contributed by atoms with Gasteiger partial charge in [-0.1, -0.05) is 19.1 Å². The Bertz CT molecular complexity index is 483. The first-order chi connectivity index (χ1) is 9.21. The Morgan fingerprint density at radius 2 is 2.05 bits per heavy atom. The lowest BCUT2D eigenvalue weighted by Crippen LogP contribution is -2.49. The van der Waals surface area contributed by atoms with Gasteiger partial charge in [0, 0.05) is 22.6 Å². The molecule has 0 aliphatic carbocycles. The van der Waals surface area contributed by atoms with Crippen LogP contribution in [0.4, 0.5) is 5.69 Å². The third-order valence-corrected chi connectivity index (χ3v) is 5.24. The van der Waals surface area contributed by atoms with Crippen LogP contribution in [0.3, 0.4) is 0 Å². The van der Waals surface area contributed by atoms with Gasteiger partial charge in [-0.15, -0.1) is 11.8 Å². The van der Waals surface area contributed by atoms with E-state index < -0.39 is 0 Å². The zero-order valence-electron chi connectivity index (χ0n) is 11.3. The molecule has 19 heavy (non-hydrogen) atoms. The van der Waals surface area contributed by atoms with Crippen molar-refractivity contribution in [2.75, 3.05) is 30.3 Å². The number of carbonyl (C=O) groups excluding carboxylic acids is 1. The molecule has 1 amide bonds. The highest BCUT2D eigenvalue weighted by atomic mass is 32.2. The van der Waals surface area contributed by atoms with Crippen LogP contribution in [0.25, 0.3) is 0 Å². The highest BCUT2D eigenvalue weighted by molar-refractivity contribution is 7.99. The average molecular weight is 276 g/mol. The first kappa shape index (κ1) is 13.0. The van der Waals surface area contributed by atoms with Crippen LogP contribution in [-0.4, -0.2) is 31.3 Å². The molecule has 1 fully saturated rings. The zero-order chi connectivity index (χ0) is 13.3. The molecule has 2 aliphatic heterocycles. The van der Waals surface area contributed by atoms with Crippen molar-refractivity contribution in [2.24, 2.45) is 5.41 Å². The lowest BCUT2D eigenvalue weighted by atomic mass is 9.79. The number of benzene rings is 1. The van der Waals surface area contributed by atoms with Crippen LogP contribution in [0.15, 0.2) is 29.2 Å². The molecule has 3 rings (SSSR count). The Hall–Kier alpha value is -1.00. The molecule has 0 radical (unpaired) electrons. The van der Waals surface area contributed by atoms with E-state index in [0.29, 0.717) is 5.91 Å². The van der Waals surface area contributed by atoms with Crippen molar-refractivity contribution in [3.05, 3.63) is 24.3 Å². The Morgan fingerprint density at radius 1 is 1.32 bits per heavy atom. The van der Waals surface area contributed by atoms with Crippen molar-refractivity contribution in [1.29, 1.82) is 0 Å². The Morgan fingerprint density at radius 3 is 2.84 bits per heavy atom. The summed E-state index contributed by atoms with van der Waals surface area (Å²) in [5.74, 6) is 1.30. The summed E-state index contributed by atoms with van der Waals surface area (Å²) >= 11 is 1.85. The van der Waals surface area contributed by atoms with Gasteiger partial charge in [0.2, 0.25) is 5.91 Å². The van der Waals surface area contributed by atoms with Gasteiger partial charge < -0.3 is 10.2 Å². The molecular formula is C15H20N2OS. The predicted molar refractivity (Wildman–Crippen MR) is 79.7 cm³/mol. The van der Waals surface area contributed by atoms with E-state index >= 15 is 0 Å². The van der Waals surface area contributed by atoms with E-state index in [4.69, 9.17) is 0 Å². The standard InChI is InChI=1S/C15H20N2OS/c1-15(6-8-16-9-7-15)14(18)17-10-11-19-13-5-3-2-4-12(13)17/h2-5,16H,6-11H2,1H3. The molecular weight excluding hydrogens is 256 g/mol. The number of carbonyl (C=O) groups is 1. The molecule has 0 bridgehead atoms. The molecule has 4 heteroatoms. The number of rotatable bonds is 1. The summed E-state index contributed by atoms with van der Waals surface area (Å²) in [5.41, 5.74) is 0.906. The second-order valence-electron chi connectivity index (χ2n) is 5.58. The summed E-state index contributed by atoms with van der Waals surface area (Å²) < 4.78 is 0. The van der Waals surface area contributed by atoms with Gasteiger partial charge in [-0.25, -0.2) is 0 Å². The van der Waals surface area contributed by atoms with Crippen molar-refractivity contribution in [3.63, 3.8) is 0 Å². The quantitative estimate of drug-likeness (QED) is 0.855. The van der Waals surface area contributed by atoms with Gasteiger partial charge in [-0.2, -0.15) is 0 Å². The number of nitrogens with zero attached hydrogens (tertiary/aromatic N) is 1. The molecule has 0 unspecified atom stereocenters. The third-order valence-electron chi connectivity index (χ3n) is 4.20. The lowest BCUT2D eigenvalue weighted by molar-refractivity contribution is -0.128. The molecule has 1 aromatic carbocycles. The Balaban J connectivity index is 1.88. The Labute approximate surface area is 118 Å². The minimum Gasteiger partial charge on any atom is -0.317 e. The summed E-state index contributed by atoms with van der Waals surface area (Å²) in [6.45, 7) is 4.86. The smallest absolute Gasteiger partial charge is 0.233 e. The summed E-state index contributed by atoms with van der Waals surface area (Å²) in [4.78, 5) is 16.2. The second kappa shape index (κ2) is 5.17. The number of para-hydroxylation sites is 1. The topological polar surface area (TPSA) is 32.3 Å². The van der Waals surface area contributed by atoms with Gasteiger partial charge in [-0.05, 0) is 38.1 Å². The normalized spacial score (nSPS) is 21.8. The summed E-state index contributed by atoms with van der Waals surface area (Å²) in [7, 11) is 0. The summed E-state index contributed by atoms with van der Waals surface area (Å²) in [6, 6.07) is 8.26. The number of thioether (sulfide) groups is 1. The maximum Gasteiger partial charge on any atom is 0.233 e. The van der Waals surface area contributed by atoms with Crippen LogP contribution in [0.1, 0.15) is 19.8 Å². The molecule has 2 heterocycles. The number of hydrogen-bond donors (Lipinski definition) is 1. The molecule has 0 aromatic heterocycles. The average Bonchev–Trinajstić information content (AvgIpc) is 2.47. The molecule has 2 aliphatic rings. The van der Waals surface area contributed by atoms with Gasteiger partial charge in [-0.3, -0.25) is 4.79 Å². The number of piperidine rings is 1. The number of amides is 1. The van der Waals surface area contributed by atoms with Crippen molar-refractivity contribution in [2.45, 2.75) is 24.7 Å². The molecule has 0 atom stereocenters. The molecule has 0 spiro atoms. The van der Waals surface area contributed by atoms with E-state index in [-0.39, 0.29) is 5.41 Å². The highest BCUT2D eigenvalue weighted by Crippen LogP contribution is 2.38. The first-order valence-electron chi connectivity index (χ1n) is 6.95. The minimum atomic E-state index is -0.194. The lowest BCUT2D eigenvalue weighted by Gasteiger charge is -2.39. The van der Waals surface area contributed by atoms with E-state index in [1.807, 2.05) is 28.8 Å². The van der Waals surface area contributed by atoms with Gasteiger partial charge in [0.25, 0.3) is 0 Å². The monoisotopic (exact) mass is 276 g/mol. The third kappa shape index (κ3) is 2.39. The fraction of sp³-hybridized carbons (Fsp3) is 0.533. The fourth-order valence-corrected chi connectivity index (χ4v) is 3.89. The van der Waals surface area contributed by atoms with Gasteiger partial charge >= 0.3 is 0 Å². The molecule has 3 nitrogen and oxygen atoms in total. The SMILES string of the molecule is CC1(C(=O)N2CCSc3ccccc32)CCNCC1. The van der Waals surface area contributed by atoms with Gasteiger partial charge in [0.05, 0.1) is 5.69 Å². The number of anilines is 1. The number of hydrogen-bond acceptors (Lipinski definition) is 3. The zero-order valence-corrected chi connectivity index (χ0v) is 12.1. The summed E-state index contributed by atoms with van der Waals surface area (Å²) in [5, 5.41) is 3.34. The van der Waals surface area contributed by atoms with Crippen LogP contribution in [-0.2, 0) is 4.79 Å². The second-order valence-corrected chi connectivity index (χ2v) is 6.72. The maximum atomic E-state index is 12.9. The molecule has 0 saturated carbocycles. The van der Waals surface area contributed by atoms with Crippen LogP contribution in [0.2, 0.25) is 0 Å². The van der Waals surface area contributed by atoms with E-state index in [0.717, 1.165) is 43.9 Å². The van der Waals surface area contributed by atoms with Gasteiger partial charge in [0.1, 0.15) is 0 Å². The minimum absolute atomic E-state index is 0.194. The van der Waals surface area contributed by atoms with E-state index in [2.05, 4.69) is 24.4 Å². The van der Waals surface area contributed by atoms with Crippen LogP contribution >= 0.6 is 11.8 Å². The van der Waals surface area contributed by atoms with Crippen molar-refractivity contribution in [1.82, 2.24) is 5.32 Å². The Kier molecular flexibility index (Phi) is 3.54. The summed E-state index contributed by atoms with van der Waals surface area (Å²) in [6.07, 6.45) is 1.88. The molecule has 102 valence electrons. The van der Waals surface area contributed by atoms with Gasteiger partial charge in [0.15, 0.2) is 0 Å². The molecule has 1 saturated heterocycles. The number of nitrogens with one attached hydrogen (secondary N) is 1. The highest BCUT2D eigenvalue weighted by Gasteiger charge is 2.39. The molecule has 1 N–H and O–H groups in total. The largest absolute Gasteiger partial charge is 0.317 e. The number of fused-ring (bicyclic) bond motifs is 1. The maximum absolute atomic E-state index is 12.9. The van der Waals surface area contributed by atoms with Crippen molar-refractivity contribution >= 4 is 23.4 Å². The van der Waals surface area contributed by atoms with Crippen molar-refractivity contribution < 1.29 is 4.79 Å². The van der Waals surface area contributed by atoms with E-state index in [1.54, 1.807) is 0 Å². The molecule has 1 aromatic rings. The van der Waals surface area contributed by atoms with Crippen LogP contribution < -0.4 is 10.2 Å².